The first-order valence-corrected chi connectivity index (χ1v) is 5.54. The molecule has 1 aliphatic rings. The molecular formula is C13H19NO. The number of hydrogen-bond acceptors (Lipinski definition) is 2. The Morgan fingerprint density at radius 2 is 2.07 bits per heavy atom. The van der Waals surface area contributed by atoms with Gasteiger partial charge in [0.25, 0.3) is 0 Å². The SMILES string of the molecule is Cc1cc(C2(C)CN2)ccc1OC(C)C. The van der Waals surface area contributed by atoms with Gasteiger partial charge in [0.1, 0.15) is 5.75 Å². The molecule has 2 nitrogen and oxygen atoms in total. The van der Waals surface area contributed by atoms with Gasteiger partial charge < -0.3 is 10.1 Å². The fourth-order valence-electron chi connectivity index (χ4n) is 1.72. The van der Waals surface area contributed by atoms with E-state index in [9.17, 15) is 0 Å². The lowest BCUT2D eigenvalue weighted by atomic mass is 9.99. The minimum atomic E-state index is 0.209. The Morgan fingerprint density at radius 3 is 2.53 bits per heavy atom. The lowest BCUT2D eigenvalue weighted by molar-refractivity contribution is 0.240. The van der Waals surface area contributed by atoms with Crippen molar-refractivity contribution in [2.24, 2.45) is 0 Å². The minimum Gasteiger partial charge on any atom is -0.491 e. The van der Waals surface area contributed by atoms with Crippen LogP contribution in [-0.4, -0.2) is 12.6 Å². The van der Waals surface area contributed by atoms with E-state index >= 15 is 0 Å². The summed E-state index contributed by atoms with van der Waals surface area (Å²) < 4.78 is 5.71. The van der Waals surface area contributed by atoms with Crippen LogP contribution in [0.1, 0.15) is 31.9 Å². The predicted molar refractivity (Wildman–Crippen MR) is 62.3 cm³/mol. The topological polar surface area (TPSA) is 31.2 Å². The van der Waals surface area contributed by atoms with Crippen LogP contribution >= 0.6 is 0 Å². The van der Waals surface area contributed by atoms with Crippen LogP contribution in [0.15, 0.2) is 18.2 Å². The third-order valence-electron chi connectivity index (χ3n) is 2.88. The Morgan fingerprint density at radius 1 is 1.40 bits per heavy atom. The summed E-state index contributed by atoms with van der Waals surface area (Å²) in [5, 5.41) is 3.37. The third kappa shape index (κ3) is 2.15. The van der Waals surface area contributed by atoms with Crippen molar-refractivity contribution in [1.82, 2.24) is 5.32 Å². The van der Waals surface area contributed by atoms with Gasteiger partial charge >= 0.3 is 0 Å². The van der Waals surface area contributed by atoms with E-state index in [0.29, 0.717) is 0 Å². The van der Waals surface area contributed by atoms with Crippen LogP contribution in [0, 0.1) is 6.92 Å². The number of ether oxygens (including phenoxy) is 1. The van der Waals surface area contributed by atoms with Crippen molar-refractivity contribution in [1.29, 1.82) is 0 Å². The molecule has 0 amide bonds. The van der Waals surface area contributed by atoms with Crippen LogP contribution in [0.2, 0.25) is 0 Å². The molecule has 0 aromatic heterocycles. The summed E-state index contributed by atoms with van der Waals surface area (Å²) in [4.78, 5) is 0. The van der Waals surface area contributed by atoms with Crippen molar-refractivity contribution in [3.8, 4) is 5.75 Å². The van der Waals surface area contributed by atoms with Crippen molar-refractivity contribution in [3.05, 3.63) is 29.3 Å². The highest BCUT2D eigenvalue weighted by Crippen LogP contribution is 2.32. The smallest absolute Gasteiger partial charge is 0.122 e. The Labute approximate surface area is 91.6 Å². The Kier molecular flexibility index (Phi) is 2.47. The summed E-state index contributed by atoms with van der Waals surface area (Å²) in [6.45, 7) is 9.52. The van der Waals surface area contributed by atoms with Gasteiger partial charge in [-0.2, -0.15) is 0 Å². The molecule has 82 valence electrons. The fourth-order valence-corrected chi connectivity index (χ4v) is 1.72. The standard InChI is InChI=1S/C13H19NO/c1-9(2)15-12-6-5-11(7-10(12)3)13(4)8-14-13/h5-7,9,14H,8H2,1-4H3. The van der Waals surface area contributed by atoms with E-state index in [4.69, 9.17) is 4.74 Å². The number of rotatable bonds is 3. The summed E-state index contributed by atoms with van der Waals surface area (Å²) in [5.41, 5.74) is 2.79. The highest BCUT2D eigenvalue weighted by atomic mass is 16.5. The first-order valence-electron chi connectivity index (χ1n) is 5.54. The average molecular weight is 205 g/mol. The van der Waals surface area contributed by atoms with Gasteiger partial charge in [0.05, 0.1) is 11.6 Å². The highest BCUT2D eigenvalue weighted by Gasteiger charge is 2.38. The van der Waals surface area contributed by atoms with E-state index in [0.717, 1.165) is 12.3 Å². The van der Waals surface area contributed by atoms with Gasteiger partial charge in [0, 0.05) is 6.54 Å². The number of aryl methyl sites for hydroxylation is 1. The molecule has 2 rings (SSSR count). The van der Waals surface area contributed by atoms with Crippen molar-refractivity contribution in [3.63, 3.8) is 0 Å². The maximum Gasteiger partial charge on any atom is 0.122 e. The second-order valence-electron chi connectivity index (χ2n) is 4.83. The molecular weight excluding hydrogens is 186 g/mol. The van der Waals surface area contributed by atoms with Gasteiger partial charge in [0.15, 0.2) is 0 Å². The second-order valence-corrected chi connectivity index (χ2v) is 4.83. The van der Waals surface area contributed by atoms with E-state index in [2.05, 4.69) is 51.2 Å². The van der Waals surface area contributed by atoms with E-state index in [1.165, 1.54) is 11.1 Å². The summed E-state index contributed by atoms with van der Waals surface area (Å²) in [6, 6.07) is 6.46. The molecule has 1 N–H and O–H groups in total. The zero-order valence-corrected chi connectivity index (χ0v) is 9.92. The van der Waals surface area contributed by atoms with Crippen LogP contribution < -0.4 is 10.1 Å². The molecule has 1 unspecified atom stereocenters. The predicted octanol–water partition coefficient (Wildman–Crippen LogP) is 2.60. The molecule has 1 aliphatic heterocycles. The van der Waals surface area contributed by atoms with Gasteiger partial charge in [-0.15, -0.1) is 0 Å². The second kappa shape index (κ2) is 3.53. The largest absolute Gasteiger partial charge is 0.491 e. The van der Waals surface area contributed by atoms with Crippen LogP contribution in [0.4, 0.5) is 0 Å². The van der Waals surface area contributed by atoms with E-state index < -0.39 is 0 Å². The quantitative estimate of drug-likeness (QED) is 0.769. The van der Waals surface area contributed by atoms with Crippen LogP contribution in [0.5, 0.6) is 5.75 Å². The maximum absolute atomic E-state index is 5.71. The fraction of sp³-hybridized carbons (Fsp3) is 0.538. The summed E-state index contributed by atoms with van der Waals surface area (Å²) in [6.07, 6.45) is 0.240. The molecule has 15 heavy (non-hydrogen) atoms. The molecule has 1 aromatic carbocycles. The number of benzene rings is 1. The van der Waals surface area contributed by atoms with Crippen LogP contribution in [-0.2, 0) is 5.54 Å². The van der Waals surface area contributed by atoms with Crippen molar-refractivity contribution < 1.29 is 4.74 Å². The molecule has 0 radical (unpaired) electrons. The average Bonchev–Trinajstić information content (AvgIpc) is 2.88. The monoisotopic (exact) mass is 205 g/mol. The van der Waals surface area contributed by atoms with Gasteiger partial charge in [-0.1, -0.05) is 12.1 Å². The van der Waals surface area contributed by atoms with Gasteiger partial charge in [-0.25, -0.2) is 0 Å². The van der Waals surface area contributed by atoms with Crippen molar-refractivity contribution in [2.75, 3.05) is 6.54 Å². The first kappa shape index (κ1) is 10.5. The molecule has 1 saturated heterocycles. The molecule has 0 aliphatic carbocycles. The van der Waals surface area contributed by atoms with Crippen LogP contribution in [0.25, 0.3) is 0 Å². The summed E-state index contributed by atoms with van der Waals surface area (Å²) in [5.74, 6) is 0.998. The normalized spacial score (nSPS) is 24.3. The molecule has 0 spiro atoms. The Balaban J connectivity index is 2.23. The zero-order chi connectivity index (χ0) is 11.1. The lowest BCUT2D eigenvalue weighted by Crippen LogP contribution is -2.09. The van der Waals surface area contributed by atoms with Crippen molar-refractivity contribution >= 4 is 0 Å². The Hall–Kier alpha value is -1.02. The van der Waals surface area contributed by atoms with E-state index in [-0.39, 0.29) is 11.6 Å². The van der Waals surface area contributed by atoms with E-state index in [1.54, 1.807) is 0 Å². The number of hydrogen-bond donors (Lipinski definition) is 1. The third-order valence-corrected chi connectivity index (χ3v) is 2.88. The van der Waals surface area contributed by atoms with Crippen molar-refractivity contribution in [2.45, 2.75) is 39.3 Å². The molecule has 1 fully saturated rings. The van der Waals surface area contributed by atoms with Gasteiger partial charge in [0.2, 0.25) is 0 Å². The minimum absolute atomic E-state index is 0.209. The molecule has 1 aromatic rings. The lowest BCUT2D eigenvalue weighted by Gasteiger charge is -2.15. The number of nitrogens with one attached hydrogen (secondary N) is 1. The highest BCUT2D eigenvalue weighted by molar-refractivity contribution is 5.41. The van der Waals surface area contributed by atoms with E-state index in [1.807, 2.05) is 0 Å². The summed E-state index contributed by atoms with van der Waals surface area (Å²) in [7, 11) is 0. The van der Waals surface area contributed by atoms with Gasteiger partial charge in [-0.05, 0) is 44.9 Å². The molecule has 1 heterocycles. The zero-order valence-electron chi connectivity index (χ0n) is 9.92. The molecule has 1 atom stereocenters. The van der Waals surface area contributed by atoms with Crippen LogP contribution in [0.3, 0.4) is 0 Å². The summed E-state index contributed by atoms with van der Waals surface area (Å²) >= 11 is 0. The molecule has 0 bridgehead atoms. The maximum atomic E-state index is 5.71. The first-order chi connectivity index (χ1) is 7.01. The Bertz CT molecular complexity index is 367. The van der Waals surface area contributed by atoms with Gasteiger partial charge in [-0.3, -0.25) is 0 Å². The molecule has 2 heteroatoms. The molecule has 0 saturated carbocycles.